The Morgan fingerprint density at radius 2 is 1.69 bits per heavy atom. The summed E-state index contributed by atoms with van der Waals surface area (Å²) in [6.45, 7) is 12.1. The molecule has 4 aromatic rings. The van der Waals surface area contributed by atoms with Gasteiger partial charge in [0.25, 0.3) is 0 Å². The van der Waals surface area contributed by atoms with Gasteiger partial charge in [0.05, 0.1) is 17.1 Å². The largest absolute Gasteiger partial charge is 0.347 e. The van der Waals surface area contributed by atoms with Crippen molar-refractivity contribution in [2.75, 3.05) is 10.6 Å². The van der Waals surface area contributed by atoms with Crippen molar-refractivity contribution in [3.63, 3.8) is 0 Å². The van der Waals surface area contributed by atoms with E-state index in [4.69, 9.17) is 5.10 Å². The molecule has 0 radical (unpaired) electrons. The van der Waals surface area contributed by atoms with E-state index in [-0.39, 0.29) is 11.2 Å². The number of hydrogen-bond donors (Lipinski definition) is 2. The number of hydrogen-bond acceptors (Lipinski definition) is 4. The second-order valence-corrected chi connectivity index (χ2v) is 9.75. The third-order valence-corrected chi connectivity index (χ3v) is 5.83. The Morgan fingerprint density at radius 3 is 2.34 bits per heavy atom. The standard InChI is InChI=1S/C29H32FN5/c1-6-31-27-18-22(15-16-32-27)10-9-21-11-14-25(24(30)17-21)33-28-19-26(29(3,4)5)34-35(28)23-12-7-20(2)8-13-23/h6-8,11-19,33H,1,9-10H2,2-5H3,(H,31,32). The van der Waals surface area contributed by atoms with Crippen LogP contribution in [0.15, 0.2) is 79.6 Å². The molecule has 0 aliphatic carbocycles. The number of rotatable bonds is 8. The van der Waals surface area contributed by atoms with Crippen molar-refractivity contribution < 1.29 is 4.39 Å². The Labute approximate surface area is 206 Å². The SMILES string of the molecule is C=CNc1cc(CCc2ccc(Nc3cc(C(C)(C)C)nn3-c3ccc(C)cc3)c(F)c2)ccn1. The van der Waals surface area contributed by atoms with Gasteiger partial charge in [0.15, 0.2) is 0 Å². The van der Waals surface area contributed by atoms with Crippen molar-refractivity contribution in [1.29, 1.82) is 0 Å². The monoisotopic (exact) mass is 469 g/mol. The van der Waals surface area contributed by atoms with Crippen molar-refractivity contribution >= 4 is 17.3 Å². The first-order chi connectivity index (χ1) is 16.7. The number of aromatic nitrogens is 3. The number of benzene rings is 2. The number of nitrogens with zero attached hydrogens (tertiary/aromatic N) is 3. The van der Waals surface area contributed by atoms with Gasteiger partial charge in [-0.15, -0.1) is 0 Å². The molecule has 5 nitrogen and oxygen atoms in total. The minimum Gasteiger partial charge on any atom is -0.347 e. The second kappa shape index (κ2) is 10.1. The molecule has 0 amide bonds. The van der Waals surface area contributed by atoms with Gasteiger partial charge in [-0.2, -0.15) is 5.10 Å². The van der Waals surface area contributed by atoms with E-state index in [2.05, 4.69) is 49.9 Å². The van der Waals surface area contributed by atoms with Crippen molar-refractivity contribution in [3.8, 4) is 5.69 Å². The highest BCUT2D eigenvalue weighted by Gasteiger charge is 2.21. The summed E-state index contributed by atoms with van der Waals surface area (Å²) < 4.78 is 17.0. The molecule has 0 spiro atoms. The van der Waals surface area contributed by atoms with E-state index >= 15 is 4.39 Å². The highest BCUT2D eigenvalue weighted by Crippen LogP contribution is 2.29. The van der Waals surface area contributed by atoms with Gasteiger partial charge < -0.3 is 10.6 Å². The lowest BCUT2D eigenvalue weighted by Gasteiger charge is -2.14. The van der Waals surface area contributed by atoms with Gasteiger partial charge in [0.2, 0.25) is 0 Å². The highest BCUT2D eigenvalue weighted by molar-refractivity contribution is 5.61. The molecule has 4 rings (SSSR count). The molecule has 0 saturated heterocycles. The number of halogens is 1. The quantitative estimate of drug-likeness (QED) is 0.289. The molecule has 35 heavy (non-hydrogen) atoms. The summed E-state index contributed by atoms with van der Waals surface area (Å²) in [4.78, 5) is 4.24. The molecule has 6 heteroatoms. The normalized spacial score (nSPS) is 11.3. The van der Waals surface area contributed by atoms with E-state index in [1.54, 1.807) is 24.5 Å². The first-order valence-corrected chi connectivity index (χ1v) is 11.8. The van der Waals surface area contributed by atoms with Crippen LogP contribution in [0.25, 0.3) is 5.69 Å². The smallest absolute Gasteiger partial charge is 0.146 e. The Balaban J connectivity index is 1.54. The van der Waals surface area contributed by atoms with E-state index in [0.29, 0.717) is 5.69 Å². The molecule has 2 N–H and O–H groups in total. The Morgan fingerprint density at radius 1 is 0.971 bits per heavy atom. The van der Waals surface area contributed by atoms with Crippen LogP contribution in [-0.4, -0.2) is 14.8 Å². The lowest BCUT2D eigenvalue weighted by molar-refractivity contribution is 0.560. The topological polar surface area (TPSA) is 54.8 Å². The third-order valence-electron chi connectivity index (χ3n) is 5.83. The molecule has 0 aliphatic rings. The lowest BCUT2D eigenvalue weighted by Crippen LogP contribution is -2.12. The highest BCUT2D eigenvalue weighted by atomic mass is 19.1. The summed E-state index contributed by atoms with van der Waals surface area (Å²) in [5, 5.41) is 11.1. The summed E-state index contributed by atoms with van der Waals surface area (Å²) in [5.74, 6) is 1.19. The summed E-state index contributed by atoms with van der Waals surface area (Å²) in [7, 11) is 0. The first kappa shape index (κ1) is 24.2. The maximum atomic E-state index is 15.1. The molecule has 0 aliphatic heterocycles. The van der Waals surface area contributed by atoms with Crippen molar-refractivity contribution in [3.05, 3.63) is 108 Å². The third kappa shape index (κ3) is 5.96. The molecule has 0 fully saturated rings. The van der Waals surface area contributed by atoms with Gasteiger partial charge in [-0.05, 0) is 73.5 Å². The lowest BCUT2D eigenvalue weighted by atomic mass is 9.92. The Kier molecular flexibility index (Phi) is 7.01. The number of anilines is 3. The predicted molar refractivity (Wildman–Crippen MR) is 142 cm³/mol. The summed E-state index contributed by atoms with van der Waals surface area (Å²) in [5.41, 5.74) is 5.38. The molecule has 0 atom stereocenters. The Bertz CT molecular complexity index is 1320. The maximum absolute atomic E-state index is 15.1. The molecule has 0 bridgehead atoms. The van der Waals surface area contributed by atoms with Gasteiger partial charge in [-0.25, -0.2) is 14.1 Å². The van der Waals surface area contributed by atoms with E-state index < -0.39 is 0 Å². The van der Waals surface area contributed by atoms with Gasteiger partial charge in [-0.1, -0.05) is 51.1 Å². The first-order valence-electron chi connectivity index (χ1n) is 11.8. The molecular weight excluding hydrogens is 437 g/mol. The molecule has 2 aromatic carbocycles. The van der Waals surface area contributed by atoms with Crippen LogP contribution in [0, 0.1) is 12.7 Å². The van der Waals surface area contributed by atoms with Crippen LogP contribution in [0.3, 0.4) is 0 Å². The van der Waals surface area contributed by atoms with Crippen LogP contribution in [-0.2, 0) is 18.3 Å². The molecule has 2 aromatic heterocycles. The van der Waals surface area contributed by atoms with Crippen LogP contribution < -0.4 is 10.6 Å². The zero-order valence-corrected chi connectivity index (χ0v) is 20.8. The zero-order chi connectivity index (χ0) is 25.0. The molecule has 2 heterocycles. The number of pyridine rings is 1. The minimum absolute atomic E-state index is 0.136. The molecule has 0 saturated carbocycles. The van der Waals surface area contributed by atoms with E-state index in [0.717, 1.165) is 47.0 Å². The summed E-state index contributed by atoms with van der Waals surface area (Å²) in [6, 6.07) is 19.4. The van der Waals surface area contributed by atoms with E-state index in [9.17, 15) is 0 Å². The van der Waals surface area contributed by atoms with Crippen molar-refractivity contribution in [2.45, 2.75) is 46.0 Å². The van der Waals surface area contributed by atoms with Crippen LogP contribution in [0.4, 0.5) is 21.7 Å². The van der Waals surface area contributed by atoms with Crippen LogP contribution in [0.1, 0.15) is 43.2 Å². The molecule has 0 unspecified atom stereocenters. The predicted octanol–water partition coefficient (Wildman–Crippen LogP) is 7.10. The average Bonchev–Trinajstić information content (AvgIpc) is 3.25. The van der Waals surface area contributed by atoms with Gasteiger partial charge >= 0.3 is 0 Å². The van der Waals surface area contributed by atoms with Crippen LogP contribution in [0.5, 0.6) is 0 Å². The summed E-state index contributed by atoms with van der Waals surface area (Å²) in [6.07, 6.45) is 4.88. The average molecular weight is 470 g/mol. The maximum Gasteiger partial charge on any atom is 0.146 e. The van der Waals surface area contributed by atoms with Gasteiger partial charge in [0, 0.05) is 17.7 Å². The van der Waals surface area contributed by atoms with Crippen molar-refractivity contribution in [1.82, 2.24) is 14.8 Å². The Hall–Kier alpha value is -3.93. The van der Waals surface area contributed by atoms with Gasteiger partial charge in [0.1, 0.15) is 17.5 Å². The zero-order valence-electron chi connectivity index (χ0n) is 20.8. The number of aryl methyl sites for hydroxylation is 3. The molecule has 180 valence electrons. The summed E-state index contributed by atoms with van der Waals surface area (Å²) >= 11 is 0. The minimum atomic E-state index is -0.291. The van der Waals surface area contributed by atoms with E-state index in [1.807, 2.05) is 53.2 Å². The van der Waals surface area contributed by atoms with Crippen molar-refractivity contribution in [2.24, 2.45) is 0 Å². The van der Waals surface area contributed by atoms with E-state index in [1.165, 1.54) is 5.56 Å². The second-order valence-electron chi connectivity index (χ2n) is 9.75. The van der Waals surface area contributed by atoms with Crippen LogP contribution >= 0.6 is 0 Å². The number of nitrogens with one attached hydrogen (secondary N) is 2. The molecular formula is C29H32FN5. The fraction of sp³-hybridized carbons (Fsp3) is 0.241. The fourth-order valence-corrected chi connectivity index (χ4v) is 3.77. The van der Waals surface area contributed by atoms with Crippen LogP contribution in [0.2, 0.25) is 0 Å². The fourth-order valence-electron chi connectivity index (χ4n) is 3.77. The van der Waals surface area contributed by atoms with Gasteiger partial charge in [-0.3, -0.25) is 0 Å².